The van der Waals surface area contributed by atoms with Crippen LogP contribution in [0.5, 0.6) is 0 Å². The van der Waals surface area contributed by atoms with E-state index < -0.39 is 12.1 Å². The Kier molecular flexibility index (Phi) is 8.00. The zero-order valence-electron chi connectivity index (χ0n) is 17.6. The first-order valence-corrected chi connectivity index (χ1v) is 10.5. The van der Waals surface area contributed by atoms with Gasteiger partial charge in [0, 0.05) is 0 Å². The molecule has 1 N–H and O–H groups in total. The highest BCUT2D eigenvalue weighted by atomic mass is 19.1. The zero-order chi connectivity index (χ0) is 22.2. The summed E-state index contributed by atoms with van der Waals surface area (Å²) in [6, 6.07) is 13.3. The van der Waals surface area contributed by atoms with Crippen molar-refractivity contribution in [1.82, 2.24) is 0 Å². The van der Waals surface area contributed by atoms with Crippen LogP contribution in [0.3, 0.4) is 0 Å². The number of carbonyl (C=O) groups is 2. The van der Waals surface area contributed by atoms with Crippen LogP contribution >= 0.6 is 0 Å². The average molecular weight is 429 g/mol. The summed E-state index contributed by atoms with van der Waals surface area (Å²) in [4.78, 5) is 25.0. The highest BCUT2D eigenvalue weighted by molar-refractivity contribution is 5.96. The number of hydrogen-bond acceptors (Lipinski definition) is 4. The van der Waals surface area contributed by atoms with E-state index in [0.29, 0.717) is 30.5 Å². The summed E-state index contributed by atoms with van der Waals surface area (Å²) < 4.78 is 24.2. The summed E-state index contributed by atoms with van der Waals surface area (Å²) in [6.45, 7) is 2.43. The van der Waals surface area contributed by atoms with Crippen LogP contribution in [0.2, 0.25) is 0 Å². The number of benzene rings is 2. The van der Waals surface area contributed by atoms with Crippen molar-refractivity contribution in [2.45, 2.75) is 32.6 Å². The van der Waals surface area contributed by atoms with Crippen molar-refractivity contribution >= 4 is 23.4 Å². The van der Waals surface area contributed by atoms with Gasteiger partial charge in [0.15, 0.2) is 0 Å². The predicted octanol–water partition coefficient (Wildman–Crippen LogP) is 5.32. The molecule has 1 amide bonds. The Hall–Kier alpha value is -2.93. The number of carboxylic acids is 1. The molecule has 1 aliphatic rings. The fourth-order valence-electron chi connectivity index (χ4n) is 3.85. The largest absolute Gasteiger partial charge is 0.480 e. The lowest BCUT2D eigenvalue weighted by Gasteiger charge is -2.29. The van der Waals surface area contributed by atoms with Crippen LogP contribution in [0.15, 0.2) is 48.5 Å². The highest BCUT2D eigenvalue weighted by Gasteiger charge is 2.25. The standard InChI is InChI=1S/C24H28FNO5/c1-17-3-2-4-22(13-17)26(21-11-9-20(25)10-12-21)24(29)31-15-19-7-5-18(6-8-19)14-30-16-23(27)28/h2-4,9-13,18-19H,5-8,14-16H2,1H3,(H,27,28)/t18-,19-. The Morgan fingerprint density at radius 3 is 2.26 bits per heavy atom. The monoisotopic (exact) mass is 429 g/mol. The van der Waals surface area contributed by atoms with E-state index in [1.165, 1.54) is 17.0 Å². The Bertz CT molecular complexity index is 878. The first kappa shape index (κ1) is 22.7. The third-order valence-corrected chi connectivity index (χ3v) is 5.52. The number of nitrogens with zero attached hydrogens (tertiary/aromatic N) is 1. The smallest absolute Gasteiger partial charge is 0.418 e. The van der Waals surface area contributed by atoms with E-state index in [4.69, 9.17) is 14.6 Å². The van der Waals surface area contributed by atoms with Crippen LogP contribution in [-0.4, -0.2) is 37.0 Å². The highest BCUT2D eigenvalue weighted by Crippen LogP contribution is 2.31. The molecule has 0 aromatic heterocycles. The van der Waals surface area contributed by atoms with Gasteiger partial charge < -0.3 is 14.6 Å². The van der Waals surface area contributed by atoms with Crippen molar-refractivity contribution in [3.05, 3.63) is 59.9 Å². The second-order valence-corrected chi connectivity index (χ2v) is 8.02. The SMILES string of the molecule is Cc1cccc(N(C(=O)OC[C@H]2CC[C@H](COCC(=O)O)CC2)c2ccc(F)cc2)c1. The van der Waals surface area contributed by atoms with Gasteiger partial charge in [0.1, 0.15) is 12.4 Å². The molecule has 1 fully saturated rings. The number of amides is 1. The van der Waals surface area contributed by atoms with Gasteiger partial charge >= 0.3 is 12.1 Å². The molecule has 0 heterocycles. The van der Waals surface area contributed by atoms with Gasteiger partial charge in [0.25, 0.3) is 0 Å². The maximum atomic E-state index is 13.4. The molecule has 0 aliphatic heterocycles. The minimum Gasteiger partial charge on any atom is -0.480 e. The summed E-state index contributed by atoms with van der Waals surface area (Å²) in [5.74, 6) is -0.730. The molecule has 1 saturated carbocycles. The maximum Gasteiger partial charge on any atom is 0.418 e. The lowest BCUT2D eigenvalue weighted by molar-refractivity contribution is -0.142. The first-order valence-electron chi connectivity index (χ1n) is 10.5. The molecule has 0 unspecified atom stereocenters. The Morgan fingerprint density at radius 2 is 1.65 bits per heavy atom. The van der Waals surface area contributed by atoms with Gasteiger partial charge in [0.05, 0.1) is 24.6 Å². The molecule has 0 radical (unpaired) electrons. The molecule has 0 saturated heterocycles. The number of carboxylic acid groups (broad SMARTS) is 1. The average Bonchev–Trinajstić information content (AvgIpc) is 2.74. The van der Waals surface area contributed by atoms with E-state index in [2.05, 4.69) is 0 Å². The van der Waals surface area contributed by atoms with Crippen LogP contribution < -0.4 is 4.90 Å². The summed E-state index contributed by atoms with van der Waals surface area (Å²) in [5, 5.41) is 8.65. The van der Waals surface area contributed by atoms with Crippen LogP contribution in [-0.2, 0) is 14.3 Å². The second-order valence-electron chi connectivity index (χ2n) is 8.02. The van der Waals surface area contributed by atoms with Gasteiger partial charge in [0.2, 0.25) is 0 Å². The molecule has 31 heavy (non-hydrogen) atoms. The maximum absolute atomic E-state index is 13.4. The second kappa shape index (κ2) is 10.9. The number of aryl methyl sites for hydroxylation is 1. The van der Waals surface area contributed by atoms with Crippen molar-refractivity contribution in [3.8, 4) is 0 Å². The van der Waals surface area contributed by atoms with E-state index in [9.17, 15) is 14.0 Å². The van der Waals surface area contributed by atoms with E-state index in [0.717, 1.165) is 31.2 Å². The minimum atomic E-state index is -0.958. The molecule has 2 aromatic carbocycles. The van der Waals surface area contributed by atoms with Gasteiger partial charge in [-0.1, -0.05) is 12.1 Å². The zero-order valence-corrected chi connectivity index (χ0v) is 17.6. The Morgan fingerprint density at radius 1 is 1.00 bits per heavy atom. The van der Waals surface area contributed by atoms with E-state index in [-0.39, 0.29) is 18.3 Å². The van der Waals surface area contributed by atoms with E-state index >= 15 is 0 Å². The topological polar surface area (TPSA) is 76.1 Å². The molecule has 0 atom stereocenters. The van der Waals surface area contributed by atoms with Gasteiger partial charge in [-0.2, -0.15) is 0 Å². The number of aliphatic carboxylic acids is 1. The predicted molar refractivity (Wildman–Crippen MR) is 115 cm³/mol. The van der Waals surface area contributed by atoms with Crippen molar-refractivity contribution < 1.29 is 28.6 Å². The van der Waals surface area contributed by atoms with Gasteiger partial charge in [-0.3, -0.25) is 0 Å². The molecule has 6 nitrogen and oxygen atoms in total. The van der Waals surface area contributed by atoms with Gasteiger partial charge in [-0.15, -0.1) is 0 Å². The lowest BCUT2D eigenvalue weighted by atomic mass is 9.83. The number of carbonyl (C=O) groups excluding carboxylic acids is 1. The van der Waals surface area contributed by atoms with Crippen LogP contribution in [0.25, 0.3) is 0 Å². The normalized spacial score (nSPS) is 18.4. The number of rotatable bonds is 8. The summed E-state index contributed by atoms with van der Waals surface area (Å²) in [5.41, 5.74) is 2.20. The molecule has 0 spiro atoms. The van der Waals surface area contributed by atoms with Crippen LogP contribution in [0, 0.1) is 24.6 Å². The summed E-state index contributed by atoms with van der Waals surface area (Å²) >= 11 is 0. The quantitative estimate of drug-likeness (QED) is 0.615. The molecular formula is C24H28FNO5. The van der Waals surface area contributed by atoms with Crippen molar-refractivity contribution in [3.63, 3.8) is 0 Å². The lowest BCUT2D eigenvalue weighted by Crippen LogP contribution is -2.30. The number of anilines is 2. The molecular weight excluding hydrogens is 401 g/mol. The Balaban J connectivity index is 1.57. The van der Waals surface area contributed by atoms with Crippen molar-refractivity contribution in [1.29, 1.82) is 0 Å². The fourth-order valence-corrected chi connectivity index (χ4v) is 3.85. The van der Waals surface area contributed by atoms with Crippen molar-refractivity contribution in [2.24, 2.45) is 11.8 Å². The molecule has 3 rings (SSSR count). The Labute approximate surface area is 181 Å². The first-order chi connectivity index (χ1) is 14.9. The molecule has 7 heteroatoms. The number of ether oxygens (including phenoxy) is 2. The van der Waals surface area contributed by atoms with Gasteiger partial charge in [-0.05, 0) is 86.4 Å². The van der Waals surface area contributed by atoms with Gasteiger partial charge in [-0.25, -0.2) is 18.9 Å². The van der Waals surface area contributed by atoms with E-state index in [1.807, 2.05) is 31.2 Å². The summed E-state index contributed by atoms with van der Waals surface area (Å²) in [7, 11) is 0. The van der Waals surface area contributed by atoms with Crippen molar-refractivity contribution in [2.75, 3.05) is 24.7 Å². The third kappa shape index (κ3) is 6.79. The van der Waals surface area contributed by atoms with Crippen LogP contribution in [0.1, 0.15) is 31.2 Å². The fraction of sp³-hybridized carbons (Fsp3) is 0.417. The molecule has 166 valence electrons. The molecule has 2 aromatic rings. The van der Waals surface area contributed by atoms with Crippen LogP contribution in [0.4, 0.5) is 20.6 Å². The molecule has 1 aliphatic carbocycles. The number of halogens is 1. The van der Waals surface area contributed by atoms with E-state index in [1.54, 1.807) is 12.1 Å². The third-order valence-electron chi connectivity index (χ3n) is 5.52. The summed E-state index contributed by atoms with van der Waals surface area (Å²) in [6.07, 6.45) is 3.14. The number of hydrogen-bond donors (Lipinski definition) is 1. The molecule has 0 bridgehead atoms. The minimum absolute atomic E-state index is 0.257.